The zero-order chi connectivity index (χ0) is 21.4. The topological polar surface area (TPSA) is 75.7 Å². The molecule has 1 saturated heterocycles. The van der Waals surface area contributed by atoms with Gasteiger partial charge in [0.1, 0.15) is 5.75 Å². The van der Waals surface area contributed by atoms with Crippen molar-refractivity contribution in [3.63, 3.8) is 0 Å². The molecule has 0 unspecified atom stereocenters. The number of amides is 1. The third kappa shape index (κ3) is 6.06. The van der Waals surface area contributed by atoms with Gasteiger partial charge in [0.05, 0.1) is 12.0 Å². The van der Waals surface area contributed by atoms with Crippen molar-refractivity contribution in [2.75, 3.05) is 26.7 Å². The Hall–Kier alpha value is -2.38. The van der Waals surface area contributed by atoms with Gasteiger partial charge in [0.15, 0.2) is 0 Å². The molecule has 1 N–H and O–H groups in total. The molecule has 1 heterocycles. The molecule has 2 aromatic carbocycles. The number of rotatable bonds is 9. The van der Waals surface area contributed by atoms with E-state index in [4.69, 9.17) is 4.74 Å². The molecule has 0 bridgehead atoms. The Morgan fingerprint density at radius 2 is 1.53 bits per heavy atom. The molecule has 0 aromatic heterocycles. The summed E-state index contributed by atoms with van der Waals surface area (Å²) in [4.78, 5) is 12.4. The number of carbonyl (C=O) groups excluding carboxylic acids is 1. The fraction of sp³-hybridized carbons (Fsp3) is 0.435. The van der Waals surface area contributed by atoms with Gasteiger partial charge in [-0.3, -0.25) is 4.79 Å². The van der Waals surface area contributed by atoms with Gasteiger partial charge in [-0.05, 0) is 61.1 Å². The third-order valence-electron chi connectivity index (χ3n) is 5.41. The summed E-state index contributed by atoms with van der Waals surface area (Å²) in [7, 11) is -1.77. The van der Waals surface area contributed by atoms with Crippen molar-refractivity contribution in [3.05, 3.63) is 59.7 Å². The predicted molar refractivity (Wildman–Crippen MR) is 117 cm³/mol. The molecule has 6 nitrogen and oxygen atoms in total. The van der Waals surface area contributed by atoms with Crippen LogP contribution in [0.5, 0.6) is 5.75 Å². The lowest BCUT2D eigenvalue weighted by molar-refractivity contribution is -0.121. The van der Waals surface area contributed by atoms with Gasteiger partial charge in [-0.25, -0.2) is 8.42 Å². The fourth-order valence-electron chi connectivity index (χ4n) is 3.57. The first-order valence-electron chi connectivity index (χ1n) is 10.5. The Bertz CT molecular complexity index is 919. The molecule has 0 radical (unpaired) electrons. The van der Waals surface area contributed by atoms with E-state index in [2.05, 4.69) is 5.32 Å². The quantitative estimate of drug-likeness (QED) is 0.663. The summed E-state index contributed by atoms with van der Waals surface area (Å²) in [6.07, 6.45) is 4.65. The summed E-state index contributed by atoms with van der Waals surface area (Å²) < 4.78 is 32.1. The average Bonchev–Trinajstić information content (AvgIpc) is 2.79. The smallest absolute Gasteiger partial charge is 0.243 e. The number of piperidine rings is 1. The van der Waals surface area contributed by atoms with Crippen LogP contribution in [0, 0.1) is 0 Å². The molecule has 7 heteroatoms. The van der Waals surface area contributed by atoms with Crippen LogP contribution in [0.15, 0.2) is 53.4 Å². The second-order valence-corrected chi connectivity index (χ2v) is 9.49. The SMILES string of the molecule is COc1ccc(CCNC(=O)CCc2ccc(S(=O)(=O)N3CCCCC3)cc2)cc1. The molecule has 0 aliphatic carbocycles. The lowest BCUT2D eigenvalue weighted by atomic mass is 10.1. The van der Waals surface area contributed by atoms with Crippen LogP contribution in [0.2, 0.25) is 0 Å². The van der Waals surface area contributed by atoms with E-state index in [1.165, 1.54) is 0 Å². The number of sulfonamides is 1. The van der Waals surface area contributed by atoms with E-state index in [-0.39, 0.29) is 5.91 Å². The van der Waals surface area contributed by atoms with Crippen LogP contribution in [-0.4, -0.2) is 45.4 Å². The minimum absolute atomic E-state index is 0.00599. The fourth-order valence-corrected chi connectivity index (χ4v) is 5.08. The maximum Gasteiger partial charge on any atom is 0.243 e. The average molecular weight is 431 g/mol. The lowest BCUT2D eigenvalue weighted by Crippen LogP contribution is -2.35. The Balaban J connectivity index is 1.43. The van der Waals surface area contributed by atoms with Crippen molar-refractivity contribution in [1.29, 1.82) is 0 Å². The Morgan fingerprint density at radius 1 is 0.933 bits per heavy atom. The van der Waals surface area contributed by atoms with E-state index in [0.717, 1.165) is 42.6 Å². The number of hydrogen-bond acceptors (Lipinski definition) is 4. The largest absolute Gasteiger partial charge is 0.497 e. The van der Waals surface area contributed by atoms with Gasteiger partial charge >= 0.3 is 0 Å². The van der Waals surface area contributed by atoms with Crippen LogP contribution < -0.4 is 10.1 Å². The minimum atomic E-state index is -3.41. The number of aryl methyl sites for hydroxylation is 1. The molecular weight excluding hydrogens is 400 g/mol. The van der Waals surface area contributed by atoms with Gasteiger partial charge < -0.3 is 10.1 Å². The number of carbonyl (C=O) groups is 1. The summed E-state index contributed by atoms with van der Waals surface area (Å²) in [5.74, 6) is 0.811. The zero-order valence-electron chi connectivity index (χ0n) is 17.5. The van der Waals surface area contributed by atoms with Crippen molar-refractivity contribution >= 4 is 15.9 Å². The summed E-state index contributed by atoms with van der Waals surface area (Å²) in [5.41, 5.74) is 2.10. The van der Waals surface area contributed by atoms with Crippen molar-refractivity contribution in [2.24, 2.45) is 0 Å². The summed E-state index contributed by atoms with van der Waals surface area (Å²) in [6.45, 7) is 1.78. The maximum atomic E-state index is 12.7. The van der Waals surface area contributed by atoms with Crippen LogP contribution in [0.25, 0.3) is 0 Å². The minimum Gasteiger partial charge on any atom is -0.497 e. The lowest BCUT2D eigenvalue weighted by Gasteiger charge is -2.25. The van der Waals surface area contributed by atoms with Crippen LogP contribution in [0.4, 0.5) is 0 Å². The molecule has 3 rings (SSSR count). The van der Waals surface area contributed by atoms with Crippen LogP contribution >= 0.6 is 0 Å². The predicted octanol–water partition coefficient (Wildman–Crippen LogP) is 3.16. The molecule has 1 aliphatic rings. The standard InChI is InChI=1S/C23H30N2O4S/c1-29-21-10-5-20(6-11-21)15-16-24-23(26)14-9-19-7-12-22(13-8-19)30(27,28)25-17-3-2-4-18-25/h5-8,10-13H,2-4,9,14-18H2,1H3,(H,24,26). The number of nitrogens with one attached hydrogen (secondary N) is 1. The third-order valence-corrected chi connectivity index (χ3v) is 7.32. The number of benzene rings is 2. The molecular formula is C23H30N2O4S. The molecule has 1 fully saturated rings. The second kappa shape index (κ2) is 10.6. The summed E-state index contributed by atoms with van der Waals surface area (Å²) in [6, 6.07) is 14.7. The van der Waals surface area contributed by atoms with Gasteiger partial charge in [-0.2, -0.15) is 4.31 Å². The first-order chi connectivity index (χ1) is 14.5. The number of nitrogens with zero attached hydrogens (tertiary/aromatic N) is 1. The van der Waals surface area contributed by atoms with Crippen LogP contribution in [0.3, 0.4) is 0 Å². The number of hydrogen-bond donors (Lipinski definition) is 1. The monoisotopic (exact) mass is 430 g/mol. The van der Waals surface area contributed by atoms with Gasteiger partial charge in [0.2, 0.25) is 15.9 Å². The van der Waals surface area contributed by atoms with Gasteiger partial charge in [0.25, 0.3) is 0 Å². The van der Waals surface area contributed by atoms with Crippen molar-refractivity contribution in [2.45, 2.75) is 43.4 Å². The highest BCUT2D eigenvalue weighted by atomic mass is 32.2. The number of methoxy groups -OCH3 is 1. The summed E-state index contributed by atoms with van der Waals surface area (Å²) in [5, 5.41) is 2.94. The van der Waals surface area contributed by atoms with Crippen LogP contribution in [-0.2, 0) is 27.7 Å². The highest BCUT2D eigenvalue weighted by molar-refractivity contribution is 7.89. The van der Waals surface area contributed by atoms with Gasteiger partial charge in [0, 0.05) is 26.1 Å². The van der Waals surface area contributed by atoms with Crippen molar-refractivity contribution < 1.29 is 17.9 Å². The highest BCUT2D eigenvalue weighted by Crippen LogP contribution is 2.21. The Morgan fingerprint density at radius 3 is 2.17 bits per heavy atom. The van der Waals surface area contributed by atoms with Gasteiger partial charge in [-0.1, -0.05) is 30.7 Å². The summed E-state index contributed by atoms with van der Waals surface area (Å²) >= 11 is 0. The van der Waals surface area contributed by atoms with Crippen molar-refractivity contribution in [1.82, 2.24) is 9.62 Å². The Kier molecular flexibility index (Phi) is 7.87. The van der Waals surface area contributed by atoms with E-state index in [1.54, 1.807) is 23.5 Å². The van der Waals surface area contributed by atoms with Crippen molar-refractivity contribution in [3.8, 4) is 5.75 Å². The molecule has 0 saturated carbocycles. The van der Waals surface area contributed by atoms with E-state index in [1.807, 2.05) is 36.4 Å². The van der Waals surface area contributed by atoms with E-state index in [9.17, 15) is 13.2 Å². The van der Waals surface area contributed by atoms with E-state index in [0.29, 0.717) is 37.4 Å². The van der Waals surface area contributed by atoms with Gasteiger partial charge in [-0.15, -0.1) is 0 Å². The van der Waals surface area contributed by atoms with Crippen LogP contribution in [0.1, 0.15) is 36.8 Å². The number of ether oxygens (including phenoxy) is 1. The zero-order valence-corrected chi connectivity index (χ0v) is 18.3. The maximum absolute atomic E-state index is 12.7. The Labute approximate surface area is 179 Å². The highest BCUT2D eigenvalue weighted by Gasteiger charge is 2.25. The normalized spacial score (nSPS) is 15.0. The van der Waals surface area contributed by atoms with E-state index >= 15 is 0 Å². The molecule has 30 heavy (non-hydrogen) atoms. The molecule has 162 valence electrons. The molecule has 0 atom stereocenters. The molecule has 0 spiro atoms. The second-order valence-electron chi connectivity index (χ2n) is 7.56. The molecule has 1 amide bonds. The first-order valence-corrected chi connectivity index (χ1v) is 11.9. The first kappa shape index (κ1) is 22.3. The van der Waals surface area contributed by atoms with E-state index < -0.39 is 10.0 Å². The molecule has 2 aromatic rings. The molecule has 1 aliphatic heterocycles.